The van der Waals surface area contributed by atoms with Crippen LogP contribution < -0.4 is 0 Å². The van der Waals surface area contributed by atoms with Gasteiger partial charge >= 0.3 is 0 Å². The standard InChI is InChI=1S/C12H16BrN3/c1-9-6-10(13)7-12-11(9)8-14-16(12)5-4-15(2)3/h6-8H,4-5H2,1-3H3. The van der Waals surface area contributed by atoms with Crippen molar-refractivity contribution in [3.63, 3.8) is 0 Å². The summed E-state index contributed by atoms with van der Waals surface area (Å²) in [6.45, 7) is 4.04. The highest BCUT2D eigenvalue weighted by Crippen LogP contribution is 2.23. The van der Waals surface area contributed by atoms with Gasteiger partial charge in [-0.05, 0) is 38.7 Å². The monoisotopic (exact) mass is 281 g/mol. The lowest BCUT2D eigenvalue weighted by Gasteiger charge is -2.10. The fraction of sp³-hybridized carbons (Fsp3) is 0.417. The largest absolute Gasteiger partial charge is 0.308 e. The lowest BCUT2D eigenvalue weighted by Crippen LogP contribution is -2.18. The van der Waals surface area contributed by atoms with Crippen molar-refractivity contribution in [2.24, 2.45) is 0 Å². The maximum absolute atomic E-state index is 4.44. The highest BCUT2D eigenvalue weighted by atomic mass is 79.9. The van der Waals surface area contributed by atoms with E-state index in [1.807, 2.05) is 6.20 Å². The Bertz CT molecular complexity index is 502. The molecule has 1 aromatic heterocycles. The van der Waals surface area contributed by atoms with Gasteiger partial charge in [0.25, 0.3) is 0 Å². The second-order valence-electron chi connectivity index (χ2n) is 4.33. The summed E-state index contributed by atoms with van der Waals surface area (Å²) in [5.41, 5.74) is 2.47. The van der Waals surface area contributed by atoms with E-state index in [-0.39, 0.29) is 0 Å². The fourth-order valence-electron chi connectivity index (χ4n) is 1.78. The van der Waals surface area contributed by atoms with Gasteiger partial charge in [-0.3, -0.25) is 4.68 Å². The molecule has 0 spiro atoms. The first kappa shape index (κ1) is 11.6. The molecular weight excluding hydrogens is 266 g/mol. The highest BCUT2D eigenvalue weighted by Gasteiger charge is 2.06. The number of hydrogen-bond acceptors (Lipinski definition) is 2. The lowest BCUT2D eigenvalue weighted by atomic mass is 10.1. The normalized spacial score (nSPS) is 11.6. The Morgan fingerprint density at radius 3 is 2.81 bits per heavy atom. The number of hydrogen-bond donors (Lipinski definition) is 0. The third-order valence-electron chi connectivity index (χ3n) is 2.69. The van der Waals surface area contributed by atoms with Gasteiger partial charge in [-0.25, -0.2) is 0 Å². The zero-order valence-corrected chi connectivity index (χ0v) is 11.5. The summed E-state index contributed by atoms with van der Waals surface area (Å²) >= 11 is 3.53. The van der Waals surface area contributed by atoms with Crippen molar-refractivity contribution in [2.45, 2.75) is 13.5 Å². The van der Waals surface area contributed by atoms with E-state index in [1.54, 1.807) is 0 Å². The average Bonchev–Trinajstić information content (AvgIpc) is 2.58. The number of likely N-dealkylation sites (N-methyl/N-ethyl adjacent to an activating group) is 1. The van der Waals surface area contributed by atoms with Gasteiger partial charge < -0.3 is 4.90 Å². The van der Waals surface area contributed by atoms with Gasteiger partial charge in [0, 0.05) is 16.4 Å². The molecule has 0 saturated heterocycles. The third-order valence-corrected chi connectivity index (χ3v) is 3.15. The van der Waals surface area contributed by atoms with E-state index in [9.17, 15) is 0 Å². The fourth-order valence-corrected chi connectivity index (χ4v) is 2.34. The Kier molecular flexibility index (Phi) is 3.30. The topological polar surface area (TPSA) is 21.1 Å². The predicted octanol–water partition coefficient (Wildman–Crippen LogP) is 2.67. The molecule has 0 aliphatic carbocycles. The molecule has 0 amide bonds. The van der Waals surface area contributed by atoms with E-state index < -0.39 is 0 Å². The van der Waals surface area contributed by atoms with Crippen LogP contribution in [0.3, 0.4) is 0 Å². The van der Waals surface area contributed by atoms with Crippen LogP contribution in [0.1, 0.15) is 5.56 Å². The molecule has 86 valence electrons. The molecule has 1 aromatic carbocycles. The minimum Gasteiger partial charge on any atom is -0.308 e. The molecule has 0 saturated carbocycles. The Labute approximate surface area is 104 Å². The molecule has 3 nitrogen and oxygen atoms in total. The van der Waals surface area contributed by atoms with Gasteiger partial charge in [-0.1, -0.05) is 15.9 Å². The minimum atomic E-state index is 0.923. The highest BCUT2D eigenvalue weighted by molar-refractivity contribution is 9.10. The first-order valence-corrected chi connectivity index (χ1v) is 6.13. The summed E-state index contributed by atoms with van der Waals surface area (Å²) in [6, 6.07) is 4.26. The van der Waals surface area contributed by atoms with Crippen LogP contribution in [0.25, 0.3) is 10.9 Å². The van der Waals surface area contributed by atoms with Crippen LogP contribution in [0.5, 0.6) is 0 Å². The second kappa shape index (κ2) is 4.55. The molecule has 2 rings (SSSR count). The zero-order chi connectivity index (χ0) is 11.7. The summed E-state index contributed by atoms with van der Waals surface area (Å²) in [6.07, 6.45) is 1.95. The summed E-state index contributed by atoms with van der Waals surface area (Å²) in [5, 5.41) is 5.68. The van der Waals surface area contributed by atoms with Crippen LogP contribution in [0, 0.1) is 6.92 Å². The SMILES string of the molecule is Cc1cc(Br)cc2c1cnn2CCN(C)C. The first-order chi connectivity index (χ1) is 7.58. The number of fused-ring (bicyclic) bond motifs is 1. The molecule has 16 heavy (non-hydrogen) atoms. The van der Waals surface area contributed by atoms with Gasteiger partial charge in [0.2, 0.25) is 0 Å². The molecule has 0 atom stereocenters. The summed E-state index contributed by atoms with van der Waals surface area (Å²) in [5.74, 6) is 0. The van der Waals surface area contributed by atoms with E-state index in [0.717, 1.165) is 17.6 Å². The average molecular weight is 282 g/mol. The second-order valence-corrected chi connectivity index (χ2v) is 5.24. The number of halogens is 1. The van der Waals surface area contributed by atoms with Gasteiger partial charge in [0.15, 0.2) is 0 Å². The van der Waals surface area contributed by atoms with Crippen molar-refractivity contribution in [1.82, 2.24) is 14.7 Å². The molecule has 1 heterocycles. The molecule has 0 bridgehead atoms. The van der Waals surface area contributed by atoms with Gasteiger partial charge in [-0.15, -0.1) is 0 Å². The molecule has 0 aliphatic heterocycles. The Hall–Kier alpha value is -0.870. The van der Waals surface area contributed by atoms with Crippen molar-refractivity contribution in [2.75, 3.05) is 20.6 Å². The maximum Gasteiger partial charge on any atom is 0.0696 e. The van der Waals surface area contributed by atoms with Gasteiger partial charge in [-0.2, -0.15) is 5.10 Å². The van der Waals surface area contributed by atoms with Crippen LogP contribution in [0.2, 0.25) is 0 Å². The van der Waals surface area contributed by atoms with Crippen LogP contribution in [0.15, 0.2) is 22.8 Å². The smallest absolute Gasteiger partial charge is 0.0696 e. The molecule has 4 heteroatoms. The lowest BCUT2D eigenvalue weighted by molar-refractivity contribution is 0.377. The van der Waals surface area contributed by atoms with Crippen molar-refractivity contribution >= 4 is 26.8 Å². The van der Waals surface area contributed by atoms with Crippen molar-refractivity contribution in [1.29, 1.82) is 0 Å². The summed E-state index contributed by atoms with van der Waals surface area (Å²) in [4.78, 5) is 2.17. The van der Waals surface area contributed by atoms with E-state index in [2.05, 4.69) is 63.8 Å². The number of aryl methyl sites for hydroxylation is 1. The van der Waals surface area contributed by atoms with E-state index >= 15 is 0 Å². The maximum atomic E-state index is 4.44. The summed E-state index contributed by atoms with van der Waals surface area (Å²) < 4.78 is 3.18. The molecular formula is C12H16BrN3. The molecule has 0 N–H and O–H groups in total. The van der Waals surface area contributed by atoms with Gasteiger partial charge in [0.05, 0.1) is 18.3 Å². The first-order valence-electron chi connectivity index (χ1n) is 5.34. The van der Waals surface area contributed by atoms with Crippen LogP contribution >= 0.6 is 15.9 Å². The minimum absolute atomic E-state index is 0.923. The predicted molar refractivity (Wildman–Crippen MR) is 70.7 cm³/mol. The third kappa shape index (κ3) is 2.28. The quantitative estimate of drug-likeness (QED) is 0.863. The number of nitrogens with zero attached hydrogens (tertiary/aromatic N) is 3. The summed E-state index contributed by atoms with van der Waals surface area (Å²) in [7, 11) is 4.15. The molecule has 0 aliphatic rings. The molecule has 0 unspecified atom stereocenters. The number of benzene rings is 1. The van der Waals surface area contributed by atoms with E-state index in [0.29, 0.717) is 0 Å². The van der Waals surface area contributed by atoms with Crippen molar-refractivity contribution < 1.29 is 0 Å². The van der Waals surface area contributed by atoms with Crippen LogP contribution in [-0.4, -0.2) is 35.3 Å². The molecule has 2 aromatic rings. The van der Waals surface area contributed by atoms with Gasteiger partial charge in [0.1, 0.15) is 0 Å². The molecule has 0 radical (unpaired) electrons. The van der Waals surface area contributed by atoms with Crippen molar-refractivity contribution in [3.8, 4) is 0 Å². The number of aromatic nitrogens is 2. The van der Waals surface area contributed by atoms with E-state index in [1.165, 1.54) is 16.5 Å². The Balaban J connectivity index is 2.40. The van der Waals surface area contributed by atoms with Crippen LogP contribution in [-0.2, 0) is 6.54 Å². The molecule has 0 fully saturated rings. The number of rotatable bonds is 3. The van der Waals surface area contributed by atoms with Crippen molar-refractivity contribution in [3.05, 3.63) is 28.4 Å². The zero-order valence-electron chi connectivity index (χ0n) is 9.87. The van der Waals surface area contributed by atoms with E-state index in [4.69, 9.17) is 0 Å². The Morgan fingerprint density at radius 2 is 2.12 bits per heavy atom. The van der Waals surface area contributed by atoms with Crippen LogP contribution in [0.4, 0.5) is 0 Å². The Morgan fingerprint density at radius 1 is 1.38 bits per heavy atom.